The van der Waals surface area contributed by atoms with Gasteiger partial charge >= 0.3 is 12.1 Å². The second kappa shape index (κ2) is 5.86. The van der Waals surface area contributed by atoms with Gasteiger partial charge in [0.1, 0.15) is 0 Å². The van der Waals surface area contributed by atoms with E-state index in [-0.39, 0.29) is 12.8 Å². The molecule has 0 aliphatic heterocycles. The minimum Gasteiger partial charge on any atom is -0.469 e. The summed E-state index contributed by atoms with van der Waals surface area (Å²) in [6.45, 7) is 0. The Hall–Kier alpha value is -1.56. The molecule has 0 saturated heterocycles. The highest BCUT2D eigenvalue weighted by atomic mass is 19.4. The Balaban J connectivity index is 2.71. The number of benzene rings is 1. The second-order valence-corrected chi connectivity index (χ2v) is 3.94. The quantitative estimate of drug-likeness (QED) is 0.845. The lowest BCUT2D eigenvalue weighted by Gasteiger charge is -2.12. The monoisotopic (exact) mass is 261 g/mol. The maximum atomic E-state index is 12.5. The lowest BCUT2D eigenvalue weighted by Crippen LogP contribution is -2.26. The van der Waals surface area contributed by atoms with Crippen LogP contribution >= 0.6 is 0 Å². The first-order valence-corrected chi connectivity index (χ1v) is 5.31. The zero-order valence-electron chi connectivity index (χ0n) is 9.83. The third-order valence-corrected chi connectivity index (χ3v) is 2.41. The Bertz CT molecular complexity index is 418. The van der Waals surface area contributed by atoms with Crippen LogP contribution in [-0.4, -0.2) is 19.1 Å². The first-order valence-electron chi connectivity index (χ1n) is 5.31. The van der Waals surface area contributed by atoms with Crippen molar-refractivity contribution in [2.45, 2.75) is 25.1 Å². The molecule has 1 aromatic rings. The molecule has 3 nitrogen and oxygen atoms in total. The standard InChI is InChI=1S/C12H14F3NO2/c1-18-11(17)7-10(16)6-8-3-2-4-9(5-8)12(13,14)15/h2-5,10H,6-7,16H2,1H3/t10-/m1/s1. The number of ether oxygens (including phenoxy) is 1. The highest BCUT2D eigenvalue weighted by Crippen LogP contribution is 2.29. The maximum absolute atomic E-state index is 12.5. The van der Waals surface area contributed by atoms with Gasteiger partial charge in [-0.1, -0.05) is 18.2 Å². The summed E-state index contributed by atoms with van der Waals surface area (Å²) in [6, 6.07) is 4.35. The molecule has 0 aromatic heterocycles. The Morgan fingerprint density at radius 3 is 2.67 bits per heavy atom. The smallest absolute Gasteiger partial charge is 0.416 e. The number of hydrogen-bond acceptors (Lipinski definition) is 3. The van der Waals surface area contributed by atoms with Gasteiger partial charge in [-0.05, 0) is 18.1 Å². The van der Waals surface area contributed by atoms with Crippen molar-refractivity contribution in [3.63, 3.8) is 0 Å². The number of carbonyl (C=O) groups is 1. The van der Waals surface area contributed by atoms with Gasteiger partial charge in [-0.2, -0.15) is 13.2 Å². The van der Waals surface area contributed by atoms with E-state index in [0.29, 0.717) is 5.56 Å². The number of alkyl halides is 3. The van der Waals surface area contributed by atoms with Crippen LogP contribution in [0.4, 0.5) is 13.2 Å². The molecule has 0 fully saturated rings. The summed E-state index contributed by atoms with van der Waals surface area (Å²) in [5.74, 6) is -0.477. The normalized spacial score (nSPS) is 13.2. The number of rotatable bonds is 4. The molecule has 6 heteroatoms. The van der Waals surface area contributed by atoms with Crippen molar-refractivity contribution in [1.29, 1.82) is 0 Å². The van der Waals surface area contributed by atoms with Gasteiger partial charge in [0.2, 0.25) is 0 Å². The number of esters is 1. The van der Waals surface area contributed by atoms with E-state index in [1.165, 1.54) is 13.2 Å². The predicted octanol–water partition coefficient (Wildman–Crippen LogP) is 2.14. The minimum atomic E-state index is -4.37. The van der Waals surface area contributed by atoms with E-state index in [4.69, 9.17) is 5.73 Å². The van der Waals surface area contributed by atoms with Gasteiger partial charge in [0, 0.05) is 6.04 Å². The summed E-state index contributed by atoms with van der Waals surface area (Å²) in [5, 5.41) is 0. The number of halogens is 3. The molecule has 0 saturated carbocycles. The fraction of sp³-hybridized carbons (Fsp3) is 0.417. The molecule has 0 bridgehead atoms. The lowest BCUT2D eigenvalue weighted by atomic mass is 10.0. The summed E-state index contributed by atoms with van der Waals surface area (Å²) >= 11 is 0. The van der Waals surface area contributed by atoms with Crippen LogP contribution < -0.4 is 5.73 Å². The van der Waals surface area contributed by atoms with Gasteiger partial charge in [0.15, 0.2) is 0 Å². The Labute approximate surface area is 103 Å². The maximum Gasteiger partial charge on any atom is 0.416 e. The highest BCUT2D eigenvalue weighted by molar-refractivity contribution is 5.69. The zero-order chi connectivity index (χ0) is 13.8. The third kappa shape index (κ3) is 4.37. The molecule has 0 aliphatic carbocycles. The molecule has 18 heavy (non-hydrogen) atoms. The SMILES string of the molecule is COC(=O)C[C@H](N)Cc1cccc(C(F)(F)F)c1. The molecule has 0 aliphatic rings. The van der Waals surface area contributed by atoms with Crippen LogP contribution in [0.25, 0.3) is 0 Å². The zero-order valence-corrected chi connectivity index (χ0v) is 9.83. The van der Waals surface area contributed by atoms with E-state index >= 15 is 0 Å². The molecule has 100 valence electrons. The van der Waals surface area contributed by atoms with Gasteiger partial charge < -0.3 is 10.5 Å². The summed E-state index contributed by atoms with van der Waals surface area (Å²) in [5.41, 5.74) is 5.39. The van der Waals surface area contributed by atoms with Gasteiger partial charge in [0.05, 0.1) is 19.1 Å². The average molecular weight is 261 g/mol. The molecular formula is C12H14F3NO2. The van der Waals surface area contributed by atoms with Crippen molar-refractivity contribution in [1.82, 2.24) is 0 Å². The lowest BCUT2D eigenvalue weighted by molar-refractivity contribution is -0.141. The van der Waals surface area contributed by atoms with Crippen LogP contribution in [-0.2, 0) is 22.1 Å². The van der Waals surface area contributed by atoms with Crippen molar-refractivity contribution in [3.8, 4) is 0 Å². The van der Waals surface area contributed by atoms with Crippen LogP contribution in [0.1, 0.15) is 17.5 Å². The van der Waals surface area contributed by atoms with E-state index in [1.807, 2.05) is 0 Å². The molecule has 1 rings (SSSR count). The van der Waals surface area contributed by atoms with E-state index < -0.39 is 23.8 Å². The van der Waals surface area contributed by atoms with Crippen LogP contribution in [0.5, 0.6) is 0 Å². The molecule has 0 unspecified atom stereocenters. The first-order chi connectivity index (χ1) is 8.32. The van der Waals surface area contributed by atoms with Crippen molar-refractivity contribution < 1.29 is 22.7 Å². The van der Waals surface area contributed by atoms with Crippen LogP contribution in [0.15, 0.2) is 24.3 Å². The Morgan fingerprint density at radius 1 is 1.44 bits per heavy atom. The first kappa shape index (κ1) is 14.5. The number of carbonyl (C=O) groups excluding carboxylic acids is 1. The number of methoxy groups -OCH3 is 1. The van der Waals surface area contributed by atoms with Crippen molar-refractivity contribution >= 4 is 5.97 Å². The van der Waals surface area contributed by atoms with Crippen molar-refractivity contribution in [2.24, 2.45) is 5.73 Å². The molecule has 0 radical (unpaired) electrons. The third-order valence-electron chi connectivity index (χ3n) is 2.41. The largest absolute Gasteiger partial charge is 0.469 e. The Kier molecular flexibility index (Phi) is 4.72. The summed E-state index contributed by atoms with van der Waals surface area (Å²) in [6.07, 6.45) is -4.20. The Morgan fingerprint density at radius 2 is 2.11 bits per heavy atom. The fourth-order valence-electron chi connectivity index (χ4n) is 1.55. The van der Waals surface area contributed by atoms with Gasteiger partial charge in [0.25, 0.3) is 0 Å². The van der Waals surface area contributed by atoms with Crippen LogP contribution in [0.2, 0.25) is 0 Å². The topological polar surface area (TPSA) is 52.3 Å². The summed E-state index contributed by atoms with van der Waals surface area (Å²) < 4.78 is 41.8. The van der Waals surface area contributed by atoms with Gasteiger partial charge in [-0.3, -0.25) is 4.79 Å². The predicted molar refractivity (Wildman–Crippen MR) is 59.8 cm³/mol. The molecule has 0 amide bonds. The fourth-order valence-corrected chi connectivity index (χ4v) is 1.55. The van der Waals surface area contributed by atoms with Crippen molar-refractivity contribution in [2.75, 3.05) is 7.11 Å². The molecule has 1 atom stereocenters. The highest BCUT2D eigenvalue weighted by Gasteiger charge is 2.30. The van der Waals surface area contributed by atoms with E-state index in [9.17, 15) is 18.0 Å². The van der Waals surface area contributed by atoms with Crippen molar-refractivity contribution in [3.05, 3.63) is 35.4 Å². The molecule has 2 N–H and O–H groups in total. The second-order valence-electron chi connectivity index (χ2n) is 3.94. The molecule has 1 aromatic carbocycles. The van der Waals surface area contributed by atoms with Crippen LogP contribution in [0.3, 0.4) is 0 Å². The summed E-state index contributed by atoms with van der Waals surface area (Å²) in [7, 11) is 1.24. The van der Waals surface area contributed by atoms with E-state index in [2.05, 4.69) is 4.74 Å². The molecule has 0 heterocycles. The van der Waals surface area contributed by atoms with Gasteiger partial charge in [-0.25, -0.2) is 0 Å². The minimum absolute atomic E-state index is 0.0211. The van der Waals surface area contributed by atoms with E-state index in [1.54, 1.807) is 6.07 Å². The number of hydrogen-bond donors (Lipinski definition) is 1. The van der Waals surface area contributed by atoms with E-state index in [0.717, 1.165) is 12.1 Å². The number of nitrogens with two attached hydrogens (primary N) is 1. The summed E-state index contributed by atoms with van der Waals surface area (Å²) in [4.78, 5) is 11.0. The van der Waals surface area contributed by atoms with Crippen LogP contribution in [0, 0.1) is 0 Å². The molecular weight excluding hydrogens is 247 g/mol. The van der Waals surface area contributed by atoms with Gasteiger partial charge in [-0.15, -0.1) is 0 Å². The molecule has 0 spiro atoms. The average Bonchev–Trinajstić information content (AvgIpc) is 2.27.